The predicted octanol–water partition coefficient (Wildman–Crippen LogP) is 1.95. The molecule has 2 rings (SSSR count). The molecule has 0 aliphatic carbocycles. The number of carbonyl (C=O) groups is 2. The molecule has 1 aromatic rings. The minimum atomic E-state index is -0.800. The maximum Gasteiger partial charge on any atom is 0.308 e. The molecule has 0 bridgehead atoms. The van der Waals surface area contributed by atoms with Gasteiger partial charge >= 0.3 is 5.97 Å². The Balaban J connectivity index is 1.77. The lowest BCUT2D eigenvalue weighted by Crippen LogP contribution is -2.29. The molecule has 110 valence electrons. The monoisotopic (exact) mass is 296 g/mol. The number of nitrogens with zero attached hydrogens (tertiary/aromatic N) is 2. The Morgan fingerprint density at radius 2 is 2.25 bits per heavy atom. The van der Waals surface area contributed by atoms with Gasteiger partial charge in [-0.2, -0.15) is 0 Å². The highest BCUT2D eigenvalue weighted by atomic mass is 32.1. The lowest BCUT2D eigenvalue weighted by Gasteiger charge is -2.15. The Kier molecular flexibility index (Phi) is 4.75. The van der Waals surface area contributed by atoms with Gasteiger partial charge in [0.25, 0.3) is 0 Å². The molecule has 2 heterocycles. The highest BCUT2D eigenvalue weighted by Gasteiger charge is 2.36. The van der Waals surface area contributed by atoms with Gasteiger partial charge in [-0.15, -0.1) is 11.3 Å². The summed E-state index contributed by atoms with van der Waals surface area (Å²) >= 11 is 1.62. The molecule has 1 fully saturated rings. The minimum Gasteiger partial charge on any atom is -0.481 e. The summed E-state index contributed by atoms with van der Waals surface area (Å²) in [6.45, 7) is 4.77. The van der Waals surface area contributed by atoms with Crippen LogP contribution in [0.25, 0.3) is 0 Å². The number of carboxylic acids is 1. The highest BCUT2D eigenvalue weighted by Crippen LogP contribution is 2.24. The third-order valence-electron chi connectivity index (χ3n) is 3.73. The van der Waals surface area contributed by atoms with Crippen LogP contribution in [0.1, 0.15) is 30.5 Å². The van der Waals surface area contributed by atoms with Crippen LogP contribution in [0.5, 0.6) is 0 Å². The van der Waals surface area contributed by atoms with Gasteiger partial charge in [0.1, 0.15) is 0 Å². The molecular formula is C14H20N2O3S. The van der Waals surface area contributed by atoms with Gasteiger partial charge in [-0.05, 0) is 25.7 Å². The van der Waals surface area contributed by atoms with Crippen molar-refractivity contribution >= 4 is 23.2 Å². The smallest absolute Gasteiger partial charge is 0.308 e. The van der Waals surface area contributed by atoms with E-state index in [1.807, 2.05) is 19.2 Å². The van der Waals surface area contributed by atoms with Gasteiger partial charge in [0.2, 0.25) is 5.91 Å². The van der Waals surface area contributed by atoms with E-state index in [0.29, 0.717) is 19.5 Å². The van der Waals surface area contributed by atoms with Crippen LogP contribution in [0.2, 0.25) is 0 Å². The number of hydrogen-bond donors (Lipinski definition) is 1. The van der Waals surface area contributed by atoms with E-state index < -0.39 is 11.9 Å². The zero-order valence-corrected chi connectivity index (χ0v) is 12.7. The van der Waals surface area contributed by atoms with Crippen molar-refractivity contribution < 1.29 is 14.7 Å². The van der Waals surface area contributed by atoms with Crippen LogP contribution in [0.3, 0.4) is 0 Å². The van der Waals surface area contributed by atoms with Gasteiger partial charge in [-0.1, -0.05) is 6.92 Å². The fraction of sp³-hybridized carbons (Fsp3) is 0.643. The van der Waals surface area contributed by atoms with E-state index in [1.165, 1.54) is 0 Å². The van der Waals surface area contributed by atoms with Crippen molar-refractivity contribution in [2.45, 2.75) is 33.1 Å². The molecular weight excluding hydrogens is 276 g/mol. The molecule has 0 spiro atoms. The third kappa shape index (κ3) is 3.56. The van der Waals surface area contributed by atoms with Crippen LogP contribution in [0.15, 0.2) is 5.38 Å². The molecule has 0 radical (unpaired) electrons. The summed E-state index contributed by atoms with van der Waals surface area (Å²) < 4.78 is 0. The summed E-state index contributed by atoms with van der Waals surface area (Å²) in [4.78, 5) is 29.2. The maximum absolute atomic E-state index is 12.1. The first-order valence-electron chi connectivity index (χ1n) is 6.89. The van der Waals surface area contributed by atoms with Gasteiger partial charge in [-0.25, -0.2) is 4.98 Å². The summed E-state index contributed by atoms with van der Waals surface area (Å²) in [6, 6.07) is 0. The molecule has 0 saturated carbocycles. The quantitative estimate of drug-likeness (QED) is 0.901. The number of aliphatic carboxylic acids is 1. The third-order valence-corrected chi connectivity index (χ3v) is 4.76. The minimum absolute atomic E-state index is 0.0399. The second kappa shape index (κ2) is 6.35. The highest BCUT2D eigenvalue weighted by molar-refractivity contribution is 7.09. The number of amides is 1. The number of aryl methyl sites for hydroxylation is 2. The molecule has 1 N–H and O–H groups in total. The van der Waals surface area contributed by atoms with Crippen molar-refractivity contribution in [3.05, 3.63) is 16.1 Å². The second-order valence-electron chi connectivity index (χ2n) is 5.46. The zero-order chi connectivity index (χ0) is 14.7. The predicted molar refractivity (Wildman–Crippen MR) is 76.7 cm³/mol. The van der Waals surface area contributed by atoms with Gasteiger partial charge < -0.3 is 10.0 Å². The van der Waals surface area contributed by atoms with Crippen molar-refractivity contribution in [1.29, 1.82) is 0 Å². The van der Waals surface area contributed by atoms with Crippen LogP contribution in [0.4, 0.5) is 0 Å². The van der Waals surface area contributed by atoms with Crippen LogP contribution in [0, 0.1) is 18.8 Å². The Hall–Kier alpha value is -1.43. The van der Waals surface area contributed by atoms with Crippen molar-refractivity contribution in [3.63, 3.8) is 0 Å². The normalized spacial score (nSPS) is 22.2. The van der Waals surface area contributed by atoms with E-state index in [9.17, 15) is 9.59 Å². The van der Waals surface area contributed by atoms with Crippen LogP contribution >= 0.6 is 11.3 Å². The molecule has 0 unspecified atom stereocenters. The average molecular weight is 296 g/mol. The van der Waals surface area contributed by atoms with Crippen molar-refractivity contribution in [2.75, 3.05) is 13.1 Å². The first-order valence-corrected chi connectivity index (χ1v) is 7.77. The number of aromatic nitrogens is 1. The van der Waals surface area contributed by atoms with Crippen LogP contribution < -0.4 is 0 Å². The molecule has 5 nitrogen and oxygen atoms in total. The molecule has 1 saturated heterocycles. The van der Waals surface area contributed by atoms with E-state index in [4.69, 9.17) is 5.11 Å². The Bertz CT molecular complexity index is 500. The molecule has 1 aromatic heterocycles. The fourth-order valence-corrected chi connectivity index (χ4v) is 3.38. The van der Waals surface area contributed by atoms with Gasteiger partial charge in [0.15, 0.2) is 0 Å². The molecule has 20 heavy (non-hydrogen) atoms. The second-order valence-corrected chi connectivity index (χ2v) is 6.40. The van der Waals surface area contributed by atoms with Gasteiger partial charge in [-0.3, -0.25) is 9.59 Å². The van der Waals surface area contributed by atoms with Crippen LogP contribution in [-0.4, -0.2) is 40.0 Å². The number of likely N-dealkylation sites (tertiary alicyclic amines) is 1. The molecule has 1 amide bonds. The van der Waals surface area contributed by atoms with Crippen LogP contribution in [-0.2, 0) is 16.0 Å². The van der Waals surface area contributed by atoms with E-state index in [-0.39, 0.29) is 11.8 Å². The summed E-state index contributed by atoms with van der Waals surface area (Å²) in [5.41, 5.74) is 1.02. The Morgan fingerprint density at radius 1 is 1.50 bits per heavy atom. The number of hydrogen-bond acceptors (Lipinski definition) is 4. The van der Waals surface area contributed by atoms with E-state index >= 15 is 0 Å². The average Bonchev–Trinajstić information content (AvgIpc) is 2.95. The number of carbonyl (C=O) groups excluding carboxylic acids is 1. The van der Waals surface area contributed by atoms with E-state index in [2.05, 4.69) is 4.98 Å². The summed E-state index contributed by atoms with van der Waals surface area (Å²) in [6.07, 6.45) is 2.06. The van der Waals surface area contributed by atoms with Crippen molar-refractivity contribution in [3.8, 4) is 0 Å². The van der Waals surface area contributed by atoms with Crippen molar-refractivity contribution in [1.82, 2.24) is 9.88 Å². The number of thiazole rings is 1. The van der Waals surface area contributed by atoms with Crippen molar-refractivity contribution in [2.24, 2.45) is 11.8 Å². The van der Waals surface area contributed by atoms with E-state index in [0.717, 1.165) is 23.5 Å². The molecule has 6 heteroatoms. The van der Waals surface area contributed by atoms with Gasteiger partial charge in [0.05, 0.1) is 10.9 Å². The molecule has 1 aliphatic rings. The maximum atomic E-state index is 12.1. The zero-order valence-electron chi connectivity index (χ0n) is 11.8. The number of rotatable bonds is 5. The summed E-state index contributed by atoms with van der Waals surface area (Å²) in [5.74, 6) is -1.11. The molecule has 0 aromatic carbocycles. The first kappa shape index (κ1) is 15.0. The Morgan fingerprint density at radius 3 is 2.80 bits per heavy atom. The standard InChI is InChI=1S/C14H20N2O3S/c1-9-6-16(7-11(9)14(18)19)13(17)5-3-4-12-15-10(2)8-20-12/h8-9,11H,3-7H2,1-2H3,(H,18,19)/t9-,11-/m1/s1. The lowest BCUT2D eigenvalue weighted by molar-refractivity contribution is -0.142. The SMILES string of the molecule is Cc1csc(CCCC(=O)N2C[C@@H](C)[C@H](C(=O)O)C2)n1. The summed E-state index contributed by atoms with van der Waals surface area (Å²) in [7, 11) is 0. The largest absolute Gasteiger partial charge is 0.481 e. The number of carboxylic acid groups (broad SMARTS) is 1. The topological polar surface area (TPSA) is 70.5 Å². The first-order chi connectivity index (χ1) is 9.47. The van der Waals surface area contributed by atoms with Gasteiger partial charge in [0, 0.05) is 30.6 Å². The Labute approximate surface area is 122 Å². The summed E-state index contributed by atoms with van der Waals surface area (Å²) in [5, 5.41) is 12.1. The lowest BCUT2D eigenvalue weighted by atomic mass is 9.99. The molecule has 1 aliphatic heterocycles. The van der Waals surface area contributed by atoms with E-state index in [1.54, 1.807) is 16.2 Å². The fourth-order valence-electron chi connectivity index (χ4n) is 2.56. The molecule has 2 atom stereocenters.